The molecule has 0 saturated heterocycles. The maximum absolute atomic E-state index is 14.4. The molecule has 0 aromatic heterocycles. The van der Waals surface area contributed by atoms with E-state index in [0.29, 0.717) is 16.9 Å². The summed E-state index contributed by atoms with van der Waals surface area (Å²) in [5.41, 5.74) is 0.674. The molecule has 0 unspecified atom stereocenters. The molecule has 4 aromatic carbocycles. The van der Waals surface area contributed by atoms with Gasteiger partial charge in [-0.25, -0.2) is 0 Å². The minimum Gasteiger partial charge on any atom is -0.508 e. The normalized spacial score (nSPS) is 21.0. The van der Waals surface area contributed by atoms with Crippen LogP contribution in [-0.2, 0) is 0 Å². The Hall–Kier alpha value is -5.38. The minimum atomic E-state index is -1.27. The maximum atomic E-state index is 14.4. The third-order valence-corrected chi connectivity index (χ3v) is 7.67. The smallest absolute Gasteiger partial charge is 0.178 e. The molecule has 4 N–H and O–H groups in total. The van der Waals surface area contributed by atoms with E-state index >= 15 is 0 Å². The van der Waals surface area contributed by atoms with Crippen LogP contribution >= 0.6 is 0 Å². The molecule has 0 saturated carbocycles. The van der Waals surface area contributed by atoms with Crippen LogP contribution in [0.25, 0.3) is 0 Å². The minimum absolute atomic E-state index is 0.0193. The number of Topliss-reactive ketones (excluding diaryl/α,β-unsaturated/α-hetero) is 2. The van der Waals surface area contributed by atoms with Crippen molar-refractivity contribution in [2.24, 2.45) is 11.8 Å². The summed E-state index contributed by atoms with van der Waals surface area (Å²) >= 11 is 0. The second kappa shape index (κ2) is 10.2. The van der Waals surface area contributed by atoms with Crippen molar-refractivity contribution in [3.05, 3.63) is 95.1 Å². The van der Waals surface area contributed by atoms with Gasteiger partial charge in [0.2, 0.25) is 0 Å². The molecule has 10 heteroatoms. The van der Waals surface area contributed by atoms with Gasteiger partial charge in [-0.1, -0.05) is 24.3 Å². The summed E-state index contributed by atoms with van der Waals surface area (Å²) in [6, 6.07) is 17.8. The Morgan fingerprint density at radius 2 is 1.05 bits per heavy atom. The first-order valence-electron chi connectivity index (χ1n) is 13.0. The zero-order valence-corrected chi connectivity index (χ0v) is 22.5. The quantitative estimate of drug-likeness (QED) is 0.255. The average molecular weight is 571 g/mol. The van der Waals surface area contributed by atoms with Gasteiger partial charge in [-0.3, -0.25) is 9.59 Å². The van der Waals surface area contributed by atoms with Crippen LogP contribution in [0, 0.1) is 11.8 Å². The predicted molar refractivity (Wildman–Crippen MR) is 148 cm³/mol. The van der Waals surface area contributed by atoms with E-state index in [0.717, 1.165) is 6.07 Å². The molecular formula is C32H26O10. The van der Waals surface area contributed by atoms with Crippen LogP contribution in [0.15, 0.2) is 72.8 Å². The molecule has 214 valence electrons. The van der Waals surface area contributed by atoms with E-state index in [4.69, 9.17) is 18.9 Å². The molecule has 10 nitrogen and oxygen atoms in total. The molecule has 0 radical (unpaired) electrons. The molecule has 2 aliphatic rings. The molecule has 2 heterocycles. The van der Waals surface area contributed by atoms with Gasteiger partial charge < -0.3 is 39.4 Å². The summed E-state index contributed by atoms with van der Waals surface area (Å²) < 4.78 is 23.2. The van der Waals surface area contributed by atoms with Gasteiger partial charge in [0.15, 0.2) is 11.6 Å². The van der Waals surface area contributed by atoms with Crippen molar-refractivity contribution in [3.63, 3.8) is 0 Å². The highest BCUT2D eigenvalue weighted by atomic mass is 16.5. The Labute approximate surface area is 239 Å². The summed E-state index contributed by atoms with van der Waals surface area (Å²) in [6.45, 7) is 0. The molecule has 0 aliphatic carbocycles. The fourth-order valence-corrected chi connectivity index (χ4v) is 5.70. The number of ketones is 2. The lowest BCUT2D eigenvalue weighted by atomic mass is 9.69. The Balaban J connectivity index is 1.58. The molecule has 4 atom stereocenters. The summed E-state index contributed by atoms with van der Waals surface area (Å²) in [5, 5.41) is 41.6. The Morgan fingerprint density at radius 3 is 1.57 bits per heavy atom. The number of ether oxygens (including phenoxy) is 4. The van der Waals surface area contributed by atoms with Gasteiger partial charge in [0, 0.05) is 24.3 Å². The van der Waals surface area contributed by atoms with Crippen molar-refractivity contribution < 1.29 is 49.0 Å². The number of hydrogen-bond acceptors (Lipinski definition) is 10. The van der Waals surface area contributed by atoms with Crippen molar-refractivity contribution in [2.75, 3.05) is 14.2 Å². The SMILES string of the molecule is COc1ccc([C@@H]2Oc3cc(OC)cc(O)c3C(=O)[C@@H]2[C@H]2C(=O)c3c(O)cc(O)cc3O[C@H]2c2ccc(O)cc2)cc1. The third-order valence-electron chi connectivity index (χ3n) is 7.67. The molecule has 42 heavy (non-hydrogen) atoms. The van der Waals surface area contributed by atoms with Crippen LogP contribution in [0.4, 0.5) is 0 Å². The number of fused-ring (bicyclic) bond motifs is 2. The molecule has 0 spiro atoms. The first kappa shape index (κ1) is 26.8. The highest BCUT2D eigenvalue weighted by Gasteiger charge is 2.53. The van der Waals surface area contributed by atoms with Crippen LogP contribution in [0.1, 0.15) is 44.1 Å². The van der Waals surface area contributed by atoms with Gasteiger partial charge >= 0.3 is 0 Å². The van der Waals surface area contributed by atoms with Crippen molar-refractivity contribution in [1.82, 2.24) is 0 Å². The van der Waals surface area contributed by atoms with Crippen molar-refractivity contribution in [3.8, 4) is 46.0 Å². The summed E-state index contributed by atoms with van der Waals surface area (Å²) in [6.07, 6.45) is -2.15. The van der Waals surface area contributed by atoms with Crippen LogP contribution in [0.3, 0.4) is 0 Å². The first-order chi connectivity index (χ1) is 20.2. The number of rotatable bonds is 5. The van der Waals surface area contributed by atoms with E-state index in [-0.39, 0.29) is 45.6 Å². The summed E-state index contributed by atoms with van der Waals surface area (Å²) in [4.78, 5) is 28.8. The van der Waals surface area contributed by atoms with E-state index in [1.165, 1.54) is 44.6 Å². The van der Waals surface area contributed by atoms with Crippen LogP contribution in [-0.4, -0.2) is 46.2 Å². The molecular weight excluding hydrogens is 544 g/mol. The third kappa shape index (κ3) is 4.37. The average Bonchev–Trinajstić information content (AvgIpc) is 2.97. The highest BCUT2D eigenvalue weighted by molar-refractivity contribution is 6.11. The molecule has 6 rings (SSSR count). The number of phenolic OH excluding ortho intramolecular Hbond substituents is 4. The summed E-state index contributed by atoms with van der Waals surface area (Å²) in [7, 11) is 2.93. The highest BCUT2D eigenvalue weighted by Crippen LogP contribution is 2.53. The standard InChI is InChI=1S/C32H26O10/c1-39-19-9-5-16(6-10-19)32-28(30(38)26-22(36)13-20(40-2)14-24(26)42-32)27-29(37)25-21(35)11-18(34)12-23(25)41-31(27)15-3-7-17(33)8-4-15/h3-14,27-28,31-36H,1-2H3/t27-,28-,31-,32-/m0/s1. The van der Waals surface area contributed by atoms with Gasteiger partial charge in [-0.15, -0.1) is 0 Å². The molecule has 0 bridgehead atoms. The topological polar surface area (TPSA) is 152 Å². The van der Waals surface area contributed by atoms with E-state index in [2.05, 4.69) is 0 Å². The Kier molecular flexibility index (Phi) is 6.53. The Bertz CT molecular complexity index is 1690. The van der Waals surface area contributed by atoms with Gasteiger partial charge in [0.05, 0.1) is 26.1 Å². The van der Waals surface area contributed by atoms with Crippen LogP contribution in [0.5, 0.6) is 46.0 Å². The van der Waals surface area contributed by atoms with E-state index in [1.54, 1.807) is 36.4 Å². The largest absolute Gasteiger partial charge is 0.508 e. The lowest BCUT2D eigenvalue weighted by Gasteiger charge is -2.42. The molecule has 2 aliphatic heterocycles. The second-order valence-corrected chi connectivity index (χ2v) is 10.1. The molecule has 0 amide bonds. The maximum Gasteiger partial charge on any atom is 0.178 e. The summed E-state index contributed by atoms with van der Waals surface area (Å²) in [5.74, 6) is -4.11. The van der Waals surface area contributed by atoms with Crippen molar-refractivity contribution in [2.45, 2.75) is 12.2 Å². The lowest BCUT2D eigenvalue weighted by molar-refractivity contribution is 0.0129. The van der Waals surface area contributed by atoms with Gasteiger partial charge in [-0.2, -0.15) is 0 Å². The number of methoxy groups -OCH3 is 2. The Morgan fingerprint density at radius 1 is 0.571 bits per heavy atom. The lowest BCUT2D eigenvalue weighted by Crippen LogP contribution is -2.45. The monoisotopic (exact) mass is 570 g/mol. The number of carbonyl (C=O) groups is 2. The van der Waals surface area contributed by atoms with Crippen molar-refractivity contribution in [1.29, 1.82) is 0 Å². The molecule has 0 fully saturated rings. The zero-order valence-electron chi connectivity index (χ0n) is 22.5. The number of phenols is 4. The second-order valence-electron chi connectivity index (χ2n) is 10.1. The van der Waals surface area contributed by atoms with E-state index in [9.17, 15) is 30.0 Å². The fourth-order valence-electron chi connectivity index (χ4n) is 5.70. The van der Waals surface area contributed by atoms with Gasteiger partial charge in [0.25, 0.3) is 0 Å². The van der Waals surface area contributed by atoms with Crippen LogP contribution in [0.2, 0.25) is 0 Å². The number of aromatic hydroxyl groups is 4. The van der Waals surface area contributed by atoms with E-state index < -0.39 is 41.4 Å². The molecule has 4 aromatic rings. The zero-order chi connectivity index (χ0) is 29.7. The number of hydrogen-bond donors (Lipinski definition) is 4. The number of carbonyl (C=O) groups excluding carboxylic acids is 2. The van der Waals surface area contributed by atoms with Crippen molar-refractivity contribution >= 4 is 11.6 Å². The van der Waals surface area contributed by atoms with Gasteiger partial charge in [-0.05, 0) is 35.4 Å². The predicted octanol–water partition coefficient (Wildman–Crippen LogP) is 5.09. The fraction of sp³-hybridized carbons (Fsp3) is 0.188. The first-order valence-corrected chi connectivity index (χ1v) is 13.0. The number of benzene rings is 4. The van der Waals surface area contributed by atoms with Gasteiger partial charge in [0.1, 0.15) is 69.3 Å². The van der Waals surface area contributed by atoms with E-state index in [1.807, 2.05) is 0 Å². The van der Waals surface area contributed by atoms with Crippen LogP contribution < -0.4 is 18.9 Å².